The van der Waals surface area contributed by atoms with Crippen molar-refractivity contribution in [2.75, 3.05) is 39.3 Å². The van der Waals surface area contributed by atoms with Crippen molar-refractivity contribution < 1.29 is 14.7 Å². The van der Waals surface area contributed by atoms with Gasteiger partial charge in [0.1, 0.15) is 11.7 Å². The zero-order valence-electron chi connectivity index (χ0n) is 14.1. The van der Waals surface area contributed by atoms with Crippen LogP contribution in [0.3, 0.4) is 0 Å². The van der Waals surface area contributed by atoms with Crippen molar-refractivity contribution >= 4 is 27.7 Å². The van der Waals surface area contributed by atoms with Crippen LogP contribution in [-0.4, -0.2) is 56.2 Å². The lowest BCUT2D eigenvalue weighted by Crippen LogP contribution is -2.46. The Labute approximate surface area is 156 Å². The van der Waals surface area contributed by atoms with Crippen LogP contribution >= 0.6 is 15.9 Å². The summed E-state index contributed by atoms with van der Waals surface area (Å²) >= 11 is 3.35. The second-order valence-corrected chi connectivity index (χ2v) is 6.88. The van der Waals surface area contributed by atoms with Gasteiger partial charge in [-0.2, -0.15) is 0 Å². The highest BCUT2D eigenvalue weighted by Crippen LogP contribution is 2.24. The summed E-state index contributed by atoms with van der Waals surface area (Å²) in [7, 11) is 0. The minimum absolute atomic E-state index is 0.0755. The molecule has 25 heavy (non-hydrogen) atoms. The monoisotopic (exact) mass is 412 g/mol. The van der Waals surface area contributed by atoms with Gasteiger partial charge in [-0.1, -0.05) is 15.9 Å². The lowest BCUT2D eigenvalue weighted by atomic mass is 9.96. The molecule has 0 atom stereocenters. The number of hydrogen-bond acceptors (Lipinski definition) is 5. The predicted octanol–water partition coefficient (Wildman–Crippen LogP) is 0.129. The van der Waals surface area contributed by atoms with Crippen LogP contribution in [0.1, 0.15) is 12.0 Å². The Morgan fingerprint density at radius 1 is 0.960 bits per heavy atom. The second-order valence-electron chi connectivity index (χ2n) is 5.97. The van der Waals surface area contributed by atoms with E-state index in [9.17, 15) is 14.7 Å². The van der Waals surface area contributed by atoms with E-state index in [1.54, 1.807) is 18.2 Å². The van der Waals surface area contributed by atoms with Gasteiger partial charge in [0, 0.05) is 30.7 Å². The molecular weight excluding hydrogens is 388 g/mol. The van der Waals surface area contributed by atoms with E-state index in [0.29, 0.717) is 31.7 Å². The van der Waals surface area contributed by atoms with Gasteiger partial charge < -0.3 is 26.4 Å². The number of halogens is 1. The molecule has 1 saturated heterocycles. The highest BCUT2D eigenvalue weighted by molar-refractivity contribution is 9.10. The van der Waals surface area contributed by atoms with Gasteiger partial charge in [0.25, 0.3) is 0 Å². The molecule has 1 aliphatic heterocycles. The first kappa shape index (κ1) is 19.7. The average molecular weight is 413 g/mol. The minimum atomic E-state index is -0.886. The summed E-state index contributed by atoms with van der Waals surface area (Å²) in [5.74, 6) is -1.47. The zero-order chi connectivity index (χ0) is 18.1. The maximum absolute atomic E-state index is 12.5. The fourth-order valence-corrected chi connectivity index (χ4v) is 3.03. The lowest BCUT2D eigenvalue weighted by Gasteiger charge is -2.18. The molecule has 0 radical (unpaired) electrons. The molecular formula is C17H25BrN4O3. The Morgan fingerprint density at radius 2 is 1.56 bits per heavy atom. The van der Waals surface area contributed by atoms with Crippen LogP contribution in [0.4, 0.5) is 0 Å². The molecule has 0 aliphatic carbocycles. The van der Waals surface area contributed by atoms with Crippen LogP contribution < -0.4 is 21.3 Å². The summed E-state index contributed by atoms with van der Waals surface area (Å²) in [6.45, 7) is 3.99. The van der Waals surface area contributed by atoms with Crippen LogP contribution in [-0.2, 0) is 16.0 Å². The maximum Gasteiger partial charge on any atom is 0.232 e. The zero-order valence-corrected chi connectivity index (χ0v) is 15.7. The molecule has 1 aromatic carbocycles. The Morgan fingerprint density at radius 3 is 2.16 bits per heavy atom. The quantitative estimate of drug-likeness (QED) is 0.444. The topological polar surface area (TPSA) is 102 Å². The van der Waals surface area contributed by atoms with E-state index in [1.807, 2.05) is 0 Å². The summed E-state index contributed by atoms with van der Waals surface area (Å²) in [6.07, 6.45) is 1.14. The van der Waals surface area contributed by atoms with Gasteiger partial charge in [-0.15, -0.1) is 0 Å². The van der Waals surface area contributed by atoms with Crippen LogP contribution in [0, 0.1) is 5.92 Å². The molecule has 2 rings (SSSR count). The van der Waals surface area contributed by atoms with Gasteiger partial charge >= 0.3 is 0 Å². The smallest absolute Gasteiger partial charge is 0.232 e. The number of hydrogen-bond donors (Lipinski definition) is 5. The van der Waals surface area contributed by atoms with Crippen molar-refractivity contribution in [1.82, 2.24) is 21.3 Å². The molecule has 1 fully saturated rings. The summed E-state index contributed by atoms with van der Waals surface area (Å²) in [4.78, 5) is 25.0. The lowest BCUT2D eigenvalue weighted by molar-refractivity contribution is -0.135. The van der Waals surface area contributed by atoms with Gasteiger partial charge in [0.05, 0.1) is 0 Å². The number of phenols is 1. The van der Waals surface area contributed by atoms with Gasteiger partial charge in [0.15, 0.2) is 0 Å². The van der Waals surface area contributed by atoms with E-state index in [2.05, 4.69) is 37.2 Å². The predicted molar refractivity (Wildman–Crippen MR) is 99.4 cm³/mol. The molecule has 0 aromatic heterocycles. The van der Waals surface area contributed by atoms with Crippen molar-refractivity contribution in [2.24, 2.45) is 5.92 Å². The first-order valence-corrected chi connectivity index (χ1v) is 9.31. The molecule has 1 aliphatic rings. The number of aromatic hydroxyl groups is 1. The third-order valence-corrected chi connectivity index (χ3v) is 4.50. The largest absolute Gasteiger partial charge is 0.508 e. The Bertz CT molecular complexity index is 573. The molecule has 0 unspecified atom stereocenters. The van der Waals surface area contributed by atoms with E-state index in [-0.39, 0.29) is 24.0 Å². The number of rotatable bonds is 2. The van der Waals surface area contributed by atoms with Crippen molar-refractivity contribution in [3.8, 4) is 5.75 Å². The molecule has 0 bridgehead atoms. The van der Waals surface area contributed by atoms with Gasteiger partial charge in [0.2, 0.25) is 11.8 Å². The number of phenolic OH excluding ortho intramolecular Hbond substituents is 1. The molecule has 138 valence electrons. The van der Waals surface area contributed by atoms with Crippen molar-refractivity contribution in [3.05, 3.63) is 28.2 Å². The first-order valence-electron chi connectivity index (χ1n) is 8.52. The van der Waals surface area contributed by atoms with Crippen LogP contribution in [0.5, 0.6) is 5.75 Å². The summed E-state index contributed by atoms with van der Waals surface area (Å²) < 4.78 is 0.787. The normalized spacial score (nSPS) is 18.9. The van der Waals surface area contributed by atoms with E-state index in [1.165, 1.54) is 0 Å². The van der Waals surface area contributed by atoms with Crippen molar-refractivity contribution in [3.63, 3.8) is 0 Å². The average Bonchev–Trinajstić information content (AvgIpc) is 2.59. The third kappa shape index (κ3) is 6.64. The number of carbonyl (C=O) groups is 2. The number of benzene rings is 1. The molecule has 7 nitrogen and oxygen atoms in total. The Balaban J connectivity index is 2.09. The highest BCUT2D eigenvalue weighted by atomic mass is 79.9. The van der Waals surface area contributed by atoms with Crippen LogP contribution in [0.2, 0.25) is 0 Å². The number of amides is 2. The third-order valence-electron chi connectivity index (χ3n) is 4.01. The maximum atomic E-state index is 12.5. The summed E-state index contributed by atoms with van der Waals surface area (Å²) in [6, 6.07) is 4.99. The standard InChI is InChI=1S/C17H25BrN4O3/c18-13-2-3-15(23)12(10-13)11-14-16(24)21-8-6-19-4-1-5-20-7-9-22-17(14)25/h2-3,10,14,19-20,23H,1,4-9,11H2,(H,21,24)(H,22,25). The first-order chi connectivity index (χ1) is 12.1. The van der Waals surface area contributed by atoms with Crippen molar-refractivity contribution in [2.45, 2.75) is 12.8 Å². The summed E-state index contributed by atoms with van der Waals surface area (Å²) in [5.41, 5.74) is 0.557. The molecule has 0 saturated carbocycles. The van der Waals surface area contributed by atoms with Gasteiger partial charge in [-0.25, -0.2) is 0 Å². The fraction of sp³-hybridized carbons (Fsp3) is 0.529. The molecule has 8 heteroatoms. The van der Waals surface area contributed by atoms with Crippen LogP contribution in [0.25, 0.3) is 0 Å². The molecule has 1 aromatic rings. The number of carbonyl (C=O) groups excluding carboxylic acids is 2. The van der Waals surface area contributed by atoms with Crippen molar-refractivity contribution in [1.29, 1.82) is 0 Å². The van der Waals surface area contributed by atoms with E-state index >= 15 is 0 Å². The highest BCUT2D eigenvalue weighted by Gasteiger charge is 2.27. The molecule has 0 spiro atoms. The SMILES string of the molecule is O=C1NCCNCCCNCCNC(=O)C1Cc1cc(Br)ccc1O. The molecule has 2 amide bonds. The minimum Gasteiger partial charge on any atom is -0.508 e. The van der Waals surface area contributed by atoms with Gasteiger partial charge in [-0.05, 0) is 49.7 Å². The fourth-order valence-electron chi connectivity index (χ4n) is 2.62. The Kier molecular flexibility index (Phi) is 8.17. The Hall–Kier alpha value is -1.64. The van der Waals surface area contributed by atoms with E-state index in [0.717, 1.165) is 24.0 Å². The van der Waals surface area contributed by atoms with Gasteiger partial charge in [-0.3, -0.25) is 9.59 Å². The van der Waals surface area contributed by atoms with Crippen LogP contribution in [0.15, 0.2) is 22.7 Å². The molecule has 5 N–H and O–H groups in total. The number of nitrogens with one attached hydrogen (secondary N) is 4. The van der Waals surface area contributed by atoms with E-state index < -0.39 is 5.92 Å². The molecule has 1 heterocycles. The summed E-state index contributed by atoms with van der Waals surface area (Å²) in [5, 5.41) is 22.1. The second kappa shape index (κ2) is 10.4. The van der Waals surface area contributed by atoms with E-state index in [4.69, 9.17) is 0 Å².